The highest BCUT2D eigenvalue weighted by Crippen LogP contribution is 2.30. The SMILES string of the molecule is CC(C)C[C@H]([NH3+])c1nnc2n1NC(c1ccc(Br)cc1)=CS2. The van der Waals surface area contributed by atoms with Crippen LogP contribution in [0.1, 0.15) is 37.7 Å². The van der Waals surface area contributed by atoms with Gasteiger partial charge in [0.1, 0.15) is 6.04 Å². The summed E-state index contributed by atoms with van der Waals surface area (Å²) < 4.78 is 3.03. The van der Waals surface area contributed by atoms with E-state index in [0.29, 0.717) is 5.92 Å². The van der Waals surface area contributed by atoms with Crippen LogP contribution in [0.25, 0.3) is 5.70 Å². The van der Waals surface area contributed by atoms with Gasteiger partial charge in [-0.05, 0) is 18.1 Å². The molecule has 0 saturated carbocycles. The first-order valence-corrected chi connectivity index (χ1v) is 8.90. The molecule has 4 N–H and O–H groups in total. The second-order valence-corrected chi connectivity index (χ2v) is 7.52. The number of quaternary nitrogens is 1. The molecule has 1 aliphatic rings. The molecule has 0 fully saturated rings. The molecule has 3 rings (SSSR count). The molecule has 22 heavy (non-hydrogen) atoms. The normalized spacial score (nSPS) is 15.2. The summed E-state index contributed by atoms with van der Waals surface area (Å²) in [6.07, 6.45) is 0.988. The Morgan fingerprint density at radius 1 is 1.27 bits per heavy atom. The van der Waals surface area contributed by atoms with Crippen LogP contribution in [-0.2, 0) is 0 Å². The van der Waals surface area contributed by atoms with Crippen molar-refractivity contribution in [2.24, 2.45) is 5.92 Å². The van der Waals surface area contributed by atoms with Gasteiger partial charge in [-0.25, -0.2) is 4.68 Å². The fraction of sp³-hybridized carbons (Fsp3) is 0.333. The third-order valence-corrected chi connectivity index (χ3v) is 4.81. The third kappa shape index (κ3) is 3.21. The average Bonchev–Trinajstić information content (AvgIpc) is 2.90. The second-order valence-electron chi connectivity index (χ2n) is 5.77. The van der Waals surface area contributed by atoms with E-state index in [9.17, 15) is 0 Å². The summed E-state index contributed by atoms with van der Waals surface area (Å²) in [5, 5.41) is 11.5. The fourth-order valence-corrected chi connectivity index (χ4v) is 3.43. The van der Waals surface area contributed by atoms with Crippen molar-refractivity contribution >= 4 is 33.4 Å². The summed E-state index contributed by atoms with van der Waals surface area (Å²) in [7, 11) is 0. The largest absolute Gasteiger partial charge is 0.349 e. The van der Waals surface area contributed by atoms with E-state index in [0.717, 1.165) is 33.1 Å². The van der Waals surface area contributed by atoms with Gasteiger partial charge in [-0.3, -0.25) is 5.43 Å². The number of halogens is 1. The number of nitrogens with one attached hydrogen (secondary N) is 1. The molecule has 0 bridgehead atoms. The first-order valence-electron chi connectivity index (χ1n) is 7.23. The second kappa shape index (κ2) is 6.44. The Morgan fingerprint density at radius 3 is 2.68 bits per heavy atom. The predicted molar refractivity (Wildman–Crippen MR) is 92.4 cm³/mol. The van der Waals surface area contributed by atoms with Gasteiger partial charge >= 0.3 is 0 Å². The molecule has 2 aromatic rings. The van der Waals surface area contributed by atoms with E-state index >= 15 is 0 Å². The Hall–Kier alpha value is -1.31. The van der Waals surface area contributed by atoms with E-state index in [4.69, 9.17) is 0 Å². The lowest BCUT2D eigenvalue weighted by atomic mass is 10.0. The molecular formula is C15H19BrN5S+. The highest BCUT2D eigenvalue weighted by atomic mass is 79.9. The number of aromatic nitrogens is 3. The summed E-state index contributed by atoms with van der Waals surface area (Å²) in [5.74, 6) is 1.46. The number of thioether (sulfide) groups is 1. The van der Waals surface area contributed by atoms with Crippen LogP contribution in [0.5, 0.6) is 0 Å². The van der Waals surface area contributed by atoms with Crippen molar-refractivity contribution in [2.45, 2.75) is 31.5 Å². The van der Waals surface area contributed by atoms with Crippen molar-refractivity contribution in [1.82, 2.24) is 14.9 Å². The molecular weight excluding hydrogens is 362 g/mol. The lowest BCUT2D eigenvalue weighted by Crippen LogP contribution is -2.55. The van der Waals surface area contributed by atoms with Crippen LogP contribution in [0.2, 0.25) is 0 Å². The van der Waals surface area contributed by atoms with Crippen molar-refractivity contribution in [3.05, 3.63) is 45.5 Å². The van der Waals surface area contributed by atoms with Gasteiger partial charge in [-0.1, -0.05) is 53.7 Å². The van der Waals surface area contributed by atoms with Crippen LogP contribution in [0, 0.1) is 5.92 Å². The average molecular weight is 381 g/mol. The molecule has 0 spiro atoms. The van der Waals surface area contributed by atoms with Crippen LogP contribution in [0.3, 0.4) is 0 Å². The van der Waals surface area contributed by atoms with Gasteiger partial charge in [0.25, 0.3) is 0 Å². The minimum absolute atomic E-state index is 0.124. The third-order valence-electron chi connectivity index (χ3n) is 3.45. The van der Waals surface area contributed by atoms with Crippen LogP contribution in [0.4, 0.5) is 0 Å². The van der Waals surface area contributed by atoms with Gasteiger partial charge in [-0.15, -0.1) is 10.2 Å². The first-order chi connectivity index (χ1) is 10.5. The van der Waals surface area contributed by atoms with Crippen LogP contribution in [-0.4, -0.2) is 14.9 Å². The molecule has 7 heteroatoms. The molecule has 5 nitrogen and oxygen atoms in total. The quantitative estimate of drug-likeness (QED) is 0.854. The molecule has 1 aromatic heterocycles. The summed E-state index contributed by atoms with van der Waals surface area (Å²) in [5.41, 5.74) is 9.83. The predicted octanol–water partition coefficient (Wildman–Crippen LogP) is 3.02. The maximum Gasteiger partial charge on any atom is 0.214 e. The van der Waals surface area contributed by atoms with E-state index in [1.54, 1.807) is 11.8 Å². The van der Waals surface area contributed by atoms with Gasteiger partial charge in [-0.2, -0.15) is 0 Å². The monoisotopic (exact) mass is 380 g/mol. The zero-order valence-electron chi connectivity index (χ0n) is 12.6. The maximum absolute atomic E-state index is 4.32. The number of hydrogen-bond acceptors (Lipinski definition) is 4. The van der Waals surface area contributed by atoms with E-state index in [1.165, 1.54) is 0 Å². The minimum atomic E-state index is 0.124. The van der Waals surface area contributed by atoms with Crippen molar-refractivity contribution in [1.29, 1.82) is 0 Å². The van der Waals surface area contributed by atoms with Crippen LogP contribution >= 0.6 is 27.7 Å². The highest BCUT2D eigenvalue weighted by Gasteiger charge is 2.25. The zero-order valence-corrected chi connectivity index (χ0v) is 15.0. The first kappa shape index (κ1) is 15.6. The molecule has 0 aliphatic carbocycles. The summed E-state index contributed by atoms with van der Waals surface area (Å²) in [6, 6.07) is 8.35. The van der Waals surface area contributed by atoms with Crippen molar-refractivity contribution < 1.29 is 5.73 Å². The fourth-order valence-electron chi connectivity index (χ4n) is 2.42. The molecule has 116 valence electrons. The number of hydrogen-bond donors (Lipinski definition) is 2. The number of benzene rings is 1. The molecule has 2 heterocycles. The van der Waals surface area contributed by atoms with Crippen LogP contribution < -0.4 is 11.2 Å². The van der Waals surface area contributed by atoms with E-state index in [1.807, 2.05) is 16.8 Å². The number of nitrogens with zero attached hydrogens (tertiary/aromatic N) is 3. The smallest absolute Gasteiger partial charge is 0.214 e. The topological polar surface area (TPSA) is 70.4 Å². The van der Waals surface area contributed by atoms with Crippen molar-refractivity contribution in [2.75, 3.05) is 5.43 Å². The number of fused-ring (bicyclic) bond motifs is 1. The molecule has 1 atom stereocenters. The lowest BCUT2D eigenvalue weighted by molar-refractivity contribution is -0.432. The molecule has 0 amide bonds. The van der Waals surface area contributed by atoms with Gasteiger partial charge in [0.05, 0.1) is 5.70 Å². The lowest BCUT2D eigenvalue weighted by Gasteiger charge is -2.20. The van der Waals surface area contributed by atoms with E-state index in [-0.39, 0.29) is 6.04 Å². The van der Waals surface area contributed by atoms with Gasteiger partial charge in [0.15, 0.2) is 0 Å². The number of rotatable bonds is 4. The Bertz CT molecular complexity index is 692. The van der Waals surface area contributed by atoms with E-state index < -0.39 is 0 Å². The van der Waals surface area contributed by atoms with E-state index in [2.05, 4.69) is 68.7 Å². The Labute approximate surface area is 142 Å². The standard InChI is InChI=1S/C15H18BrN5S/c1-9(2)7-12(17)14-18-19-15-21(14)20-13(8-22-15)10-3-5-11(16)6-4-10/h3-6,8-9,12,20H,7,17H2,1-2H3/p+1/t12-/m0/s1. The highest BCUT2D eigenvalue weighted by molar-refractivity contribution is 9.10. The van der Waals surface area contributed by atoms with Gasteiger partial charge < -0.3 is 5.73 Å². The molecule has 0 saturated heterocycles. The summed E-state index contributed by atoms with van der Waals surface area (Å²) >= 11 is 5.04. The molecule has 1 aromatic carbocycles. The Balaban J connectivity index is 1.85. The minimum Gasteiger partial charge on any atom is -0.349 e. The van der Waals surface area contributed by atoms with Gasteiger partial charge in [0, 0.05) is 21.9 Å². The van der Waals surface area contributed by atoms with Gasteiger partial charge in [0.2, 0.25) is 11.0 Å². The summed E-state index contributed by atoms with van der Waals surface area (Å²) in [6.45, 7) is 4.39. The molecule has 0 radical (unpaired) electrons. The Kier molecular flexibility index (Phi) is 4.56. The molecule has 0 unspecified atom stereocenters. The zero-order chi connectivity index (χ0) is 15.7. The maximum atomic E-state index is 4.32. The molecule has 1 aliphatic heterocycles. The van der Waals surface area contributed by atoms with Crippen LogP contribution in [0.15, 0.2) is 39.3 Å². The summed E-state index contributed by atoms with van der Waals surface area (Å²) in [4.78, 5) is 0. The van der Waals surface area contributed by atoms with Crippen molar-refractivity contribution in [3.63, 3.8) is 0 Å². The van der Waals surface area contributed by atoms with Crippen molar-refractivity contribution in [3.8, 4) is 0 Å². The Morgan fingerprint density at radius 2 is 2.00 bits per heavy atom.